The number of benzene rings is 1. The number of thiophene rings is 1. The molecule has 154 valence electrons. The van der Waals surface area contributed by atoms with Crippen LogP contribution in [0.25, 0.3) is 0 Å². The molecule has 1 aliphatic carbocycles. The number of nitrogens with one attached hydrogen (secondary N) is 1. The van der Waals surface area contributed by atoms with Crippen LogP contribution < -0.4 is 5.32 Å². The van der Waals surface area contributed by atoms with E-state index < -0.39 is 0 Å². The lowest BCUT2D eigenvalue weighted by Gasteiger charge is -2.13. The molecule has 0 fully saturated rings. The molecule has 1 N–H and O–H groups in total. The number of hydrogen-bond donors (Lipinski definition) is 1. The molecule has 1 aromatic carbocycles. The predicted octanol–water partition coefficient (Wildman–Crippen LogP) is 4.38. The van der Waals surface area contributed by atoms with Crippen LogP contribution in [-0.2, 0) is 27.3 Å². The molecule has 0 aliphatic heterocycles. The molecule has 7 heteroatoms. The zero-order valence-corrected chi connectivity index (χ0v) is 17.3. The van der Waals surface area contributed by atoms with E-state index in [0.717, 1.165) is 17.5 Å². The monoisotopic (exact) mass is 415 g/mol. The number of rotatable bonds is 9. The highest BCUT2D eigenvalue weighted by molar-refractivity contribution is 7.18. The van der Waals surface area contributed by atoms with Crippen molar-refractivity contribution in [2.45, 2.75) is 45.6 Å². The second-order valence-corrected chi connectivity index (χ2v) is 7.81. The number of hydrogen-bond acceptors (Lipinski definition) is 7. The van der Waals surface area contributed by atoms with Crippen molar-refractivity contribution in [2.24, 2.45) is 0 Å². The third-order valence-corrected chi connectivity index (χ3v) is 5.83. The van der Waals surface area contributed by atoms with Crippen LogP contribution in [0.3, 0.4) is 0 Å². The Labute approximate surface area is 174 Å². The van der Waals surface area contributed by atoms with Gasteiger partial charge in [-0.2, -0.15) is 0 Å². The quantitative estimate of drug-likeness (QED) is 0.483. The number of ether oxygens (including phenoxy) is 2. The van der Waals surface area contributed by atoms with Crippen LogP contribution in [0.15, 0.2) is 30.3 Å². The summed E-state index contributed by atoms with van der Waals surface area (Å²) >= 11 is 1.27. The molecule has 1 aliphatic rings. The van der Waals surface area contributed by atoms with Gasteiger partial charge in [-0.15, -0.1) is 11.3 Å². The first-order chi connectivity index (χ1) is 14.1. The predicted molar refractivity (Wildman–Crippen MR) is 112 cm³/mol. The molecular weight excluding hydrogens is 390 g/mol. The van der Waals surface area contributed by atoms with Crippen molar-refractivity contribution in [1.82, 2.24) is 0 Å². The molecule has 3 rings (SSSR count). The van der Waals surface area contributed by atoms with Crippen LogP contribution in [0.4, 0.5) is 5.00 Å². The third kappa shape index (κ3) is 5.44. The highest BCUT2D eigenvalue weighted by Gasteiger charge is 2.30. The van der Waals surface area contributed by atoms with Gasteiger partial charge in [-0.3, -0.25) is 9.59 Å². The Kier molecular flexibility index (Phi) is 7.41. The number of fused-ring (bicyclic) bond motifs is 1. The van der Waals surface area contributed by atoms with Crippen molar-refractivity contribution in [2.75, 3.05) is 18.5 Å². The maximum atomic E-state index is 12.4. The van der Waals surface area contributed by atoms with E-state index >= 15 is 0 Å². The van der Waals surface area contributed by atoms with Crippen LogP contribution in [0.5, 0.6) is 0 Å². The highest BCUT2D eigenvalue weighted by atomic mass is 32.1. The van der Waals surface area contributed by atoms with E-state index in [1.54, 1.807) is 6.92 Å². The SMILES string of the molecule is CCOC(=O)c1sc(NCCCC(=O)OCc2ccccc2)c2c1CCCC2=O. The summed E-state index contributed by atoms with van der Waals surface area (Å²) < 4.78 is 10.4. The molecular formula is C22H25NO5S. The van der Waals surface area contributed by atoms with Crippen LogP contribution in [0.1, 0.15) is 63.8 Å². The molecule has 0 bridgehead atoms. The van der Waals surface area contributed by atoms with E-state index in [1.165, 1.54) is 11.3 Å². The molecule has 29 heavy (non-hydrogen) atoms. The number of anilines is 1. The Hall–Kier alpha value is -2.67. The van der Waals surface area contributed by atoms with Gasteiger partial charge in [-0.1, -0.05) is 30.3 Å². The van der Waals surface area contributed by atoms with E-state index in [1.807, 2.05) is 30.3 Å². The summed E-state index contributed by atoms with van der Waals surface area (Å²) in [6, 6.07) is 9.54. The standard InChI is InChI=1S/C22H25NO5S/c1-2-27-22(26)20-16-10-6-11-17(24)19(16)21(29-20)23-13-7-12-18(25)28-14-15-8-4-3-5-9-15/h3-5,8-9,23H,2,6-7,10-14H2,1H3. The lowest BCUT2D eigenvalue weighted by atomic mass is 9.92. The van der Waals surface area contributed by atoms with E-state index in [0.29, 0.717) is 47.9 Å². The summed E-state index contributed by atoms with van der Waals surface area (Å²) in [5.41, 5.74) is 2.37. The minimum Gasteiger partial charge on any atom is -0.462 e. The number of carbonyl (C=O) groups excluding carboxylic acids is 3. The van der Waals surface area contributed by atoms with Gasteiger partial charge in [0.25, 0.3) is 0 Å². The fraction of sp³-hybridized carbons (Fsp3) is 0.409. The molecule has 0 unspecified atom stereocenters. The summed E-state index contributed by atoms with van der Waals surface area (Å²) in [7, 11) is 0. The van der Waals surface area contributed by atoms with Crippen molar-refractivity contribution in [3.8, 4) is 0 Å². The lowest BCUT2D eigenvalue weighted by molar-refractivity contribution is -0.145. The average molecular weight is 416 g/mol. The van der Waals surface area contributed by atoms with Gasteiger partial charge in [0.15, 0.2) is 5.78 Å². The maximum Gasteiger partial charge on any atom is 0.348 e. The highest BCUT2D eigenvalue weighted by Crippen LogP contribution is 2.38. The fourth-order valence-corrected chi connectivity index (χ4v) is 4.47. The van der Waals surface area contributed by atoms with Crippen LogP contribution in [0, 0.1) is 0 Å². The summed E-state index contributed by atoms with van der Waals surface area (Å²) in [6.45, 7) is 2.85. The van der Waals surface area contributed by atoms with Crippen LogP contribution in [-0.4, -0.2) is 30.9 Å². The Morgan fingerprint density at radius 2 is 1.93 bits per heavy atom. The smallest absolute Gasteiger partial charge is 0.348 e. The average Bonchev–Trinajstić information content (AvgIpc) is 3.11. The molecule has 0 saturated heterocycles. The van der Waals surface area contributed by atoms with Crippen LogP contribution in [0.2, 0.25) is 0 Å². The number of esters is 2. The van der Waals surface area contributed by atoms with E-state index in [2.05, 4.69) is 5.32 Å². The molecule has 0 atom stereocenters. The Bertz CT molecular complexity index is 875. The van der Waals surface area contributed by atoms with E-state index in [4.69, 9.17) is 9.47 Å². The Morgan fingerprint density at radius 1 is 1.14 bits per heavy atom. The molecule has 0 radical (unpaired) electrons. The largest absolute Gasteiger partial charge is 0.462 e. The fourth-order valence-electron chi connectivity index (χ4n) is 3.28. The van der Waals surface area contributed by atoms with Crippen molar-refractivity contribution in [1.29, 1.82) is 0 Å². The summed E-state index contributed by atoms with van der Waals surface area (Å²) in [6.07, 6.45) is 2.81. The second-order valence-electron chi connectivity index (χ2n) is 6.79. The first-order valence-electron chi connectivity index (χ1n) is 9.89. The van der Waals surface area contributed by atoms with Gasteiger partial charge in [0.05, 0.1) is 12.2 Å². The van der Waals surface area contributed by atoms with Gasteiger partial charge in [0.2, 0.25) is 0 Å². The van der Waals surface area contributed by atoms with Crippen LogP contribution >= 0.6 is 11.3 Å². The second kappa shape index (κ2) is 10.2. The number of Topliss-reactive ketones (excluding diaryl/α,β-unsaturated/α-hetero) is 1. The van der Waals surface area contributed by atoms with Gasteiger partial charge in [0, 0.05) is 19.4 Å². The van der Waals surface area contributed by atoms with Crippen molar-refractivity contribution < 1.29 is 23.9 Å². The summed E-state index contributed by atoms with van der Waals surface area (Å²) in [4.78, 5) is 37.1. The number of ketones is 1. The van der Waals surface area contributed by atoms with Gasteiger partial charge in [0.1, 0.15) is 16.5 Å². The zero-order chi connectivity index (χ0) is 20.6. The van der Waals surface area contributed by atoms with Gasteiger partial charge < -0.3 is 14.8 Å². The van der Waals surface area contributed by atoms with Gasteiger partial charge >= 0.3 is 11.9 Å². The van der Waals surface area contributed by atoms with Crippen molar-refractivity contribution in [3.63, 3.8) is 0 Å². The first kappa shape index (κ1) is 21.0. The van der Waals surface area contributed by atoms with E-state index in [-0.39, 0.29) is 30.7 Å². The first-order valence-corrected chi connectivity index (χ1v) is 10.7. The number of carbonyl (C=O) groups is 3. The van der Waals surface area contributed by atoms with Crippen molar-refractivity contribution in [3.05, 3.63) is 51.9 Å². The minimum absolute atomic E-state index is 0.0582. The normalized spacial score (nSPS) is 12.9. The Morgan fingerprint density at radius 3 is 2.69 bits per heavy atom. The molecule has 0 saturated carbocycles. The molecule has 0 amide bonds. The molecule has 1 aromatic heterocycles. The molecule has 0 spiro atoms. The van der Waals surface area contributed by atoms with E-state index in [9.17, 15) is 14.4 Å². The van der Waals surface area contributed by atoms with Gasteiger partial charge in [-0.25, -0.2) is 4.79 Å². The minimum atomic E-state index is -0.374. The lowest BCUT2D eigenvalue weighted by Crippen LogP contribution is -2.14. The topological polar surface area (TPSA) is 81.7 Å². The third-order valence-electron chi connectivity index (χ3n) is 4.66. The Balaban J connectivity index is 1.53. The summed E-state index contributed by atoms with van der Waals surface area (Å²) in [5.74, 6) is -0.573. The zero-order valence-electron chi connectivity index (χ0n) is 16.5. The molecule has 6 nitrogen and oxygen atoms in total. The van der Waals surface area contributed by atoms with Gasteiger partial charge in [-0.05, 0) is 37.3 Å². The summed E-state index contributed by atoms with van der Waals surface area (Å²) in [5, 5.41) is 3.93. The maximum absolute atomic E-state index is 12.4. The van der Waals surface area contributed by atoms with Crippen molar-refractivity contribution >= 4 is 34.1 Å². The molecule has 1 heterocycles. The molecule has 2 aromatic rings.